The number of sulfonamides is 1. The monoisotopic (exact) mass is 467 g/mol. The number of rotatable bonds is 6. The Balaban J connectivity index is 1.28. The topological polar surface area (TPSA) is 79.4 Å². The lowest BCUT2D eigenvalue weighted by Gasteiger charge is -2.16. The van der Waals surface area contributed by atoms with E-state index >= 15 is 0 Å². The number of carbonyl (C=O) groups excluding carboxylic acids is 1. The molecule has 5 rings (SSSR count). The molecule has 0 spiro atoms. The first-order valence-electron chi connectivity index (χ1n) is 10.9. The second kappa shape index (κ2) is 8.42. The van der Waals surface area contributed by atoms with E-state index in [1.165, 1.54) is 51.7 Å². The first-order chi connectivity index (χ1) is 15.4. The van der Waals surface area contributed by atoms with E-state index in [0.717, 1.165) is 36.9 Å². The highest BCUT2D eigenvalue weighted by Crippen LogP contribution is 2.31. The number of nitrogens with one attached hydrogen (secondary N) is 1. The van der Waals surface area contributed by atoms with Crippen LogP contribution in [0.2, 0.25) is 0 Å². The van der Waals surface area contributed by atoms with Gasteiger partial charge in [-0.15, -0.1) is 11.3 Å². The van der Waals surface area contributed by atoms with E-state index in [0.29, 0.717) is 10.7 Å². The second-order valence-electron chi connectivity index (χ2n) is 8.46. The van der Waals surface area contributed by atoms with Crippen molar-refractivity contribution in [3.05, 3.63) is 64.5 Å². The molecule has 0 bridgehead atoms. The molecular weight excluding hydrogens is 442 g/mol. The number of aromatic nitrogens is 1. The lowest BCUT2D eigenvalue weighted by molar-refractivity contribution is 0.102. The Labute approximate surface area is 192 Å². The second-order valence-corrected chi connectivity index (χ2v) is 11.3. The van der Waals surface area contributed by atoms with Crippen LogP contribution in [-0.4, -0.2) is 36.7 Å². The van der Waals surface area contributed by atoms with Crippen LogP contribution in [0.25, 0.3) is 11.3 Å². The molecule has 2 aliphatic carbocycles. The first-order valence-corrected chi connectivity index (χ1v) is 13.2. The third-order valence-electron chi connectivity index (χ3n) is 6.22. The van der Waals surface area contributed by atoms with Crippen molar-refractivity contribution < 1.29 is 13.2 Å². The summed E-state index contributed by atoms with van der Waals surface area (Å²) in [5.41, 5.74) is 5.13. The molecule has 0 radical (unpaired) electrons. The van der Waals surface area contributed by atoms with Crippen LogP contribution >= 0.6 is 11.3 Å². The fourth-order valence-electron chi connectivity index (χ4n) is 4.10. The maximum atomic E-state index is 12.7. The van der Waals surface area contributed by atoms with Gasteiger partial charge in [0, 0.05) is 29.6 Å². The van der Waals surface area contributed by atoms with E-state index in [2.05, 4.69) is 28.5 Å². The van der Waals surface area contributed by atoms with Crippen LogP contribution < -0.4 is 5.32 Å². The predicted molar refractivity (Wildman–Crippen MR) is 127 cm³/mol. The van der Waals surface area contributed by atoms with Gasteiger partial charge in [-0.2, -0.15) is 4.31 Å². The van der Waals surface area contributed by atoms with E-state index in [9.17, 15) is 13.2 Å². The molecule has 2 aliphatic rings. The average Bonchev–Trinajstić information content (AvgIpc) is 3.56. The largest absolute Gasteiger partial charge is 0.298 e. The van der Waals surface area contributed by atoms with Gasteiger partial charge in [-0.3, -0.25) is 10.1 Å². The van der Waals surface area contributed by atoms with Crippen molar-refractivity contribution in [1.29, 1.82) is 0 Å². The third-order valence-corrected chi connectivity index (χ3v) is 8.91. The van der Waals surface area contributed by atoms with Crippen LogP contribution in [0.3, 0.4) is 0 Å². The van der Waals surface area contributed by atoms with Gasteiger partial charge in [0.2, 0.25) is 10.0 Å². The van der Waals surface area contributed by atoms with E-state index in [4.69, 9.17) is 0 Å². The van der Waals surface area contributed by atoms with E-state index in [-0.39, 0.29) is 16.8 Å². The smallest absolute Gasteiger partial charge is 0.257 e. The molecule has 32 heavy (non-hydrogen) atoms. The maximum absolute atomic E-state index is 12.7. The Morgan fingerprint density at radius 1 is 1.06 bits per heavy atom. The third kappa shape index (κ3) is 4.22. The van der Waals surface area contributed by atoms with Crippen LogP contribution in [0, 0.1) is 0 Å². The minimum atomic E-state index is -3.52. The summed E-state index contributed by atoms with van der Waals surface area (Å²) in [6, 6.07) is 12.7. The summed E-state index contributed by atoms with van der Waals surface area (Å²) in [5, 5.41) is 5.30. The molecule has 1 saturated carbocycles. The van der Waals surface area contributed by atoms with Crippen LogP contribution in [0.4, 0.5) is 5.13 Å². The number of amides is 1. The zero-order valence-electron chi connectivity index (χ0n) is 17.9. The summed E-state index contributed by atoms with van der Waals surface area (Å²) in [6.07, 6.45) is 6.54. The highest BCUT2D eigenvalue weighted by molar-refractivity contribution is 7.89. The van der Waals surface area contributed by atoms with Crippen LogP contribution in [0.1, 0.15) is 47.2 Å². The molecule has 0 saturated heterocycles. The standard InChI is InChI=1S/C24H25N3O3S2/c1-27(20-10-11-20)32(29,30)21-12-8-17(9-13-21)23(28)26-24-25-22(15-31-24)19-7-6-16-4-2-3-5-18(16)14-19/h6-9,12-15,20H,2-5,10-11H2,1H3,(H,25,26,28). The molecule has 2 aromatic carbocycles. The fourth-order valence-corrected chi connectivity index (χ4v) is 6.24. The van der Waals surface area contributed by atoms with E-state index in [1.54, 1.807) is 19.2 Å². The van der Waals surface area contributed by atoms with Crippen LogP contribution in [-0.2, 0) is 22.9 Å². The number of benzene rings is 2. The predicted octanol–water partition coefficient (Wildman–Crippen LogP) is 4.72. The van der Waals surface area contributed by atoms with Gasteiger partial charge < -0.3 is 0 Å². The molecule has 1 heterocycles. The molecule has 166 valence electrons. The summed E-state index contributed by atoms with van der Waals surface area (Å²) >= 11 is 1.38. The number of hydrogen-bond donors (Lipinski definition) is 1. The van der Waals surface area contributed by atoms with Crippen molar-refractivity contribution in [3.63, 3.8) is 0 Å². The number of aryl methyl sites for hydroxylation is 2. The van der Waals surface area contributed by atoms with E-state index < -0.39 is 10.0 Å². The van der Waals surface area contributed by atoms with Gasteiger partial charge in [-0.25, -0.2) is 13.4 Å². The SMILES string of the molecule is CN(C1CC1)S(=O)(=O)c1ccc(C(=O)Nc2nc(-c3ccc4c(c3)CCCC4)cs2)cc1. The minimum absolute atomic E-state index is 0.0946. The average molecular weight is 468 g/mol. The number of thiazole rings is 1. The molecule has 0 unspecified atom stereocenters. The van der Waals surface area contributed by atoms with Gasteiger partial charge in [0.1, 0.15) is 0 Å². The Morgan fingerprint density at radius 3 is 2.50 bits per heavy atom. The number of hydrogen-bond acceptors (Lipinski definition) is 5. The van der Waals surface area contributed by atoms with Gasteiger partial charge in [0.25, 0.3) is 5.91 Å². The minimum Gasteiger partial charge on any atom is -0.298 e. The van der Waals surface area contributed by atoms with Crippen molar-refractivity contribution in [3.8, 4) is 11.3 Å². The molecule has 1 amide bonds. The highest BCUT2D eigenvalue weighted by Gasteiger charge is 2.35. The molecule has 6 nitrogen and oxygen atoms in total. The highest BCUT2D eigenvalue weighted by atomic mass is 32.2. The van der Waals surface area contributed by atoms with Crippen molar-refractivity contribution in [1.82, 2.24) is 9.29 Å². The van der Waals surface area contributed by atoms with Gasteiger partial charge in [0.05, 0.1) is 10.6 Å². The molecule has 1 N–H and O–H groups in total. The quantitative estimate of drug-likeness (QED) is 0.569. The summed E-state index contributed by atoms with van der Waals surface area (Å²) in [7, 11) is -1.91. The zero-order chi connectivity index (χ0) is 22.3. The molecule has 1 aromatic heterocycles. The lowest BCUT2D eigenvalue weighted by Crippen LogP contribution is -2.29. The summed E-state index contributed by atoms with van der Waals surface area (Å²) in [6.45, 7) is 0. The number of fused-ring (bicyclic) bond motifs is 1. The maximum Gasteiger partial charge on any atom is 0.257 e. The molecule has 8 heteroatoms. The van der Waals surface area contributed by atoms with Crippen molar-refractivity contribution in [2.45, 2.75) is 49.5 Å². The summed E-state index contributed by atoms with van der Waals surface area (Å²) in [4.78, 5) is 17.4. The molecule has 0 atom stereocenters. The molecule has 0 aliphatic heterocycles. The van der Waals surface area contributed by atoms with Crippen molar-refractivity contribution >= 4 is 32.4 Å². The Kier molecular flexibility index (Phi) is 5.61. The number of nitrogens with zero attached hydrogens (tertiary/aromatic N) is 2. The lowest BCUT2D eigenvalue weighted by atomic mass is 9.90. The molecular formula is C24H25N3O3S2. The fraction of sp³-hybridized carbons (Fsp3) is 0.333. The first kappa shape index (κ1) is 21.3. The van der Waals surface area contributed by atoms with Gasteiger partial charge in [0.15, 0.2) is 5.13 Å². The number of anilines is 1. The Hall–Kier alpha value is -2.55. The number of carbonyl (C=O) groups is 1. The summed E-state index contributed by atoms with van der Waals surface area (Å²) in [5.74, 6) is -0.309. The van der Waals surface area contributed by atoms with Crippen molar-refractivity contribution in [2.75, 3.05) is 12.4 Å². The van der Waals surface area contributed by atoms with E-state index in [1.807, 2.05) is 5.38 Å². The normalized spacial score (nSPS) is 16.1. The van der Waals surface area contributed by atoms with Crippen molar-refractivity contribution in [2.24, 2.45) is 0 Å². The van der Waals surface area contributed by atoms with Gasteiger partial charge in [-0.1, -0.05) is 12.1 Å². The van der Waals surface area contributed by atoms with Gasteiger partial charge >= 0.3 is 0 Å². The van der Waals surface area contributed by atoms with Crippen LogP contribution in [0.15, 0.2) is 52.7 Å². The molecule has 1 fully saturated rings. The Morgan fingerprint density at radius 2 is 1.78 bits per heavy atom. The van der Waals surface area contributed by atoms with Gasteiger partial charge in [-0.05, 0) is 80.0 Å². The molecule has 3 aromatic rings. The van der Waals surface area contributed by atoms with Crippen LogP contribution in [0.5, 0.6) is 0 Å². The summed E-state index contributed by atoms with van der Waals surface area (Å²) < 4.78 is 26.7. The zero-order valence-corrected chi connectivity index (χ0v) is 19.5. The Bertz CT molecular complexity index is 1260.